The molecule has 3 heterocycles. The monoisotopic (exact) mass is 505 g/mol. The Labute approximate surface area is 210 Å². The van der Waals surface area contributed by atoms with Crippen molar-refractivity contribution in [2.45, 2.75) is 53.1 Å². The van der Waals surface area contributed by atoms with Crippen molar-refractivity contribution in [3.05, 3.63) is 58.6 Å². The fourth-order valence-corrected chi connectivity index (χ4v) is 4.56. The van der Waals surface area contributed by atoms with Crippen LogP contribution < -0.4 is 15.5 Å². The third-order valence-corrected chi connectivity index (χ3v) is 6.50. The second-order valence-electron chi connectivity index (χ2n) is 8.46. The van der Waals surface area contributed by atoms with E-state index in [2.05, 4.69) is 15.6 Å². The maximum absolute atomic E-state index is 13.9. The van der Waals surface area contributed by atoms with E-state index in [-0.39, 0.29) is 44.7 Å². The second kappa shape index (κ2) is 11.0. The number of piperazine rings is 1. The van der Waals surface area contributed by atoms with E-state index in [1.807, 2.05) is 11.8 Å². The van der Waals surface area contributed by atoms with Crippen molar-refractivity contribution in [1.29, 1.82) is 0 Å². The molecule has 2 aliphatic heterocycles. The van der Waals surface area contributed by atoms with Crippen molar-refractivity contribution < 1.29 is 18.8 Å². The lowest BCUT2D eigenvalue weighted by Crippen LogP contribution is -2.54. The Morgan fingerprint density at radius 2 is 1.97 bits per heavy atom. The molecule has 0 spiro atoms. The largest absolute Gasteiger partial charge is 0.365 e. The van der Waals surface area contributed by atoms with Crippen LogP contribution in [0.4, 0.5) is 14.9 Å². The van der Waals surface area contributed by atoms with E-state index in [0.717, 1.165) is 0 Å². The average molecular weight is 506 g/mol. The molecule has 0 radical (unpaired) electrons. The molecule has 2 fully saturated rings. The van der Waals surface area contributed by atoms with Crippen LogP contribution >= 0.6 is 11.6 Å². The number of aryl methyl sites for hydroxylation is 1. The number of hydrogen-bond acceptors (Lipinski definition) is 5. The van der Waals surface area contributed by atoms with Gasteiger partial charge in [0.05, 0.1) is 10.7 Å². The number of halogens is 2. The summed E-state index contributed by atoms with van der Waals surface area (Å²) < 4.78 is 13.9. The summed E-state index contributed by atoms with van der Waals surface area (Å²) in [5, 5.41) is 5.02. The number of carbonyl (C=O) groups excluding carboxylic acids is 3. The van der Waals surface area contributed by atoms with Gasteiger partial charge in [-0.15, -0.1) is 0 Å². The van der Waals surface area contributed by atoms with Crippen molar-refractivity contribution in [3.8, 4) is 0 Å². The molecule has 0 aliphatic carbocycles. The van der Waals surface area contributed by atoms with Gasteiger partial charge in [0, 0.05) is 43.5 Å². The van der Waals surface area contributed by atoms with Gasteiger partial charge in [0.25, 0.3) is 5.91 Å². The van der Waals surface area contributed by atoms with Crippen molar-refractivity contribution >= 4 is 35.1 Å². The van der Waals surface area contributed by atoms with Crippen molar-refractivity contribution in [3.63, 3.8) is 0 Å². The van der Waals surface area contributed by atoms with E-state index >= 15 is 0 Å². The molecule has 2 saturated heterocycles. The Balaban J connectivity index is 0.00000216. The average Bonchev–Trinajstić information content (AvgIpc) is 3.08. The van der Waals surface area contributed by atoms with E-state index in [9.17, 15) is 18.8 Å². The number of imide groups is 1. The summed E-state index contributed by atoms with van der Waals surface area (Å²) in [6.45, 7) is 5.22. The summed E-state index contributed by atoms with van der Waals surface area (Å²) in [4.78, 5) is 45.9. The first-order chi connectivity index (χ1) is 15.7. The lowest BCUT2D eigenvalue weighted by molar-refractivity contribution is -0.133. The number of hydrogen-bond donors (Lipinski definition) is 2. The molecule has 0 bridgehead atoms. The van der Waals surface area contributed by atoms with Crippen LogP contribution in [0, 0.1) is 12.7 Å². The van der Waals surface area contributed by atoms with E-state index in [4.69, 9.17) is 11.6 Å². The van der Waals surface area contributed by atoms with Gasteiger partial charge < -0.3 is 15.1 Å². The number of carbonyl (C=O) groups is 3. The lowest BCUT2D eigenvalue weighted by Gasteiger charge is -2.41. The maximum atomic E-state index is 13.9. The fourth-order valence-electron chi connectivity index (χ4n) is 4.44. The number of anilines is 1. The first-order valence-corrected chi connectivity index (χ1v) is 11.1. The first kappa shape index (κ1) is 28.0. The van der Waals surface area contributed by atoms with Crippen LogP contribution in [0.2, 0.25) is 5.02 Å². The minimum absolute atomic E-state index is 0. The molecule has 2 atom stereocenters. The van der Waals surface area contributed by atoms with Crippen LogP contribution in [0.5, 0.6) is 0 Å². The van der Waals surface area contributed by atoms with E-state index in [1.165, 1.54) is 12.1 Å². The Kier molecular flexibility index (Phi) is 8.84. The molecular formula is C25H33ClFN5O3. The highest BCUT2D eigenvalue weighted by molar-refractivity contribution is 6.30. The Hall–Kier alpha value is -3.20. The highest BCUT2D eigenvalue weighted by Gasteiger charge is 2.49. The third kappa shape index (κ3) is 5.56. The number of rotatable bonds is 5. The summed E-state index contributed by atoms with van der Waals surface area (Å²) in [5.41, 5.74) is 0.441. The Morgan fingerprint density at radius 1 is 1.23 bits per heavy atom. The van der Waals surface area contributed by atoms with Gasteiger partial charge in [-0.1, -0.05) is 32.5 Å². The summed E-state index contributed by atoms with van der Waals surface area (Å²) in [5.74, 6) is -1.11. The number of amides is 4. The lowest BCUT2D eigenvalue weighted by atomic mass is 9.88. The number of urea groups is 1. The minimum Gasteiger partial charge on any atom is -0.365 e. The van der Waals surface area contributed by atoms with Gasteiger partial charge in [0.15, 0.2) is 5.54 Å². The summed E-state index contributed by atoms with van der Waals surface area (Å²) in [7, 11) is 0. The van der Waals surface area contributed by atoms with Crippen LogP contribution in [0.25, 0.3) is 0 Å². The van der Waals surface area contributed by atoms with Crippen LogP contribution in [0.3, 0.4) is 0 Å². The minimum atomic E-state index is -1.38. The molecule has 4 rings (SSSR count). The molecule has 2 N–H and O–H groups in total. The number of nitrogens with zero attached hydrogens (tertiary/aromatic N) is 3. The van der Waals surface area contributed by atoms with Gasteiger partial charge >= 0.3 is 6.03 Å². The summed E-state index contributed by atoms with van der Waals surface area (Å²) >= 11 is 5.79. The van der Waals surface area contributed by atoms with Gasteiger partial charge in [-0.25, -0.2) is 9.18 Å². The number of nitrogens with one attached hydrogen (secondary N) is 2. The molecule has 4 amide bonds. The maximum Gasteiger partial charge on any atom is 0.322 e. The molecule has 35 heavy (non-hydrogen) atoms. The molecule has 1 aromatic heterocycles. The fraction of sp³-hybridized carbons (Fsp3) is 0.440. The van der Waals surface area contributed by atoms with Crippen LogP contribution in [-0.2, 0) is 15.1 Å². The van der Waals surface area contributed by atoms with Gasteiger partial charge in [-0.3, -0.25) is 19.9 Å². The van der Waals surface area contributed by atoms with Crippen LogP contribution in [-0.4, -0.2) is 53.4 Å². The van der Waals surface area contributed by atoms with Gasteiger partial charge in [0.1, 0.15) is 5.82 Å². The van der Waals surface area contributed by atoms with Crippen LogP contribution in [0.1, 0.15) is 46.0 Å². The zero-order valence-electron chi connectivity index (χ0n) is 18.4. The third-order valence-electron chi connectivity index (χ3n) is 6.20. The van der Waals surface area contributed by atoms with E-state index in [0.29, 0.717) is 36.7 Å². The highest BCUT2D eigenvalue weighted by atomic mass is 35.5. The van der Waals surface area contributed by atoms with Crippen molar-refractivity contribution in [1.82, 2.24) is 20.5 Å². The molecule has 0 saturated carbocycles. The Bertz CT molecular complexity index is 1110. The first-order valence-electron chi connectivity index (χ1n) is 10.8. The SMILES string of the molecule is C.C.Cc1cccc(C2(CCC(=O)N3CCN(c4ccc(Cl)c(F)c4)[C@@H](C)C3)NC(=O)NC2=O)n1. The highest BCUT2D eigenvalue weighted by Crippen LogP contribution is 2.30. The topological polar surface area (TPSA) is 94.6 Å². The molecule has 190 valence electrons. The molecule has 8 nitrogen and oxygen atoms in total. The summed E-state index contributed by atoms with van der Waals surface area (Å²) in [6.07, 6.45) is 0.155. The molecule has 2 aliphatic rings. The standard InChI is InChI=1S/C23H25ClFN5O3.2CH4/c1-14-4-3-5-19(26-14)23(21(32)27-22(33)28-23)9-8-20(31)29-10-11-30(15(2)13-29)16-6-7-17(24)18(25)12-16;;/h3-7,12,15H,8-11,13H2,1-2H3,(H2,27,28,32,33);2*1H4/t15-,23?;;/m0../s1. The predicted octanol–water partition coefficient (Wildman–Crippen LogP) is 4.01. The summed E-state index contributed by atoms with van der Waals surface area (Å²) in [6, 6.07) is 9.28. The van der Waals surface area contributed by atoms with E-state index in [1.54, 1.807) is 36.1 Å². The predicted molar refractivity (Wildman–Crippen MR) is 135 cm³/mol. The molecule has 1 unspecified atom stereocenters. The number of benzene rings is 1. The van der Waals surface area contributed by atoms with E-state index < -0.39 is 23.3 Å². The number of pyridine rings is 1. The molecular weight excluding hydrogens is 473 g/mol. The van der Waals surface area contributed by atoms with Gasteiger partial charge in [-0.2, -0.15) is 0 Å². The Morgan fingerprint density at radius 3 is 2.57 bits per heavy atom. The second-order valence-corrected chi connectivity index (χ2v) is 8.87. The zero-order chi connectivity index (χ0) is 23.8. The number of aromatic nitrogens is 1. The molecule has 2 aromatic rings. The van der Waals surface area contributed by atoms with Gasteiger partial charge in [0.2, 0.25) is 5.91 Å². The van der Waals surface area contributed by atoms with Crippen molar-refractivity contribution in [2.24, 2.45) is 0 Å². The quantitative estimate of drug-likeness (QED) is 0.599. The van der Waals surface area contributed by atoms with Crippen molar-refractivity contribution in [2.75, 3.05) is 24.5 Å². The van der Waals surface area contributed by atoms with Crippen LogP contribution in [0.15, 0.2) is 36.4 Å². The normalized spacial score (nSPS) is 21.5. The smallest absolute Gasteiger partial charge is 0.322 e. The zero-order valence-corrected chi connectivity index (χ0v) is 19.2. The molecule has 1 aromatic carbocycles. The van der Waals surface area contributed by atoms with Gasteiger partial charge in [-0.05, 0) is 50.6 Å². The molecule has 10 heteroatoms.